The van der Waals surface area contributed by atoms with Crippen molar-refractivity contribution in [3.63, 3.8) is 0 Å². The fourth-order valence-electron chi connectivity index (χ4n) is 5.63. The van der Waals surface area contributed by atoms with Gasteiger partial charge in [0, 0.05) is 11.8 Å². The summed E-state index contributed by atoms with van der Waals surface area (Å²) in [5.41, 5.74) is -0.0418. The van der Waals surface area contributed by atoms with Gasteiger partial charge in [0.15, 0.2) is 5.79 Å². The Labute approximate surface area is 133 Å². The van der Waals surface area contributed by atoms with E-state index in [1.807, 2.05) is 0 Å². The highest BCUT2D eigenvalue weighted by Crippen LogP contribution is 2.65. The molecule has 0 unspecified atom stereocenters. The highest BCUT2D eigenvalue weighted by Gasteiger charge is 2.65. The first-order valence-electron chi connectivity index (χ1n) is 8.73. The summed E-state index contributed by atoms with van der Waals surface area (Å²) >= 11 is 0. The van der Waals surface area contributed by atoms with Gasteiger partial charge >= 0.3 is 5.97 Å². The summed E-state index contributed by atoms with van der Waals surface area (Å²) in [6.07, 6.45) is 6.00. The SMILES string of the molecule is COC(=O)C[C@]1(C)[C@H](C)CC[C@@]2(C)[C@H]1CCCC21OCCO1. The summed E-state index contributed by atoms with van der Waals surface area (Å²) in [5, 5.41) is 0. The predicted octanol–water partition coefficient (Wildman–Crippen LogP) is 3.54. The van der Waals surface area contributed by atoms with Crippen LogP contribution in [0.25, 0.3) is 0 Å². The number of hydrogen-bond donors (Lipinski definition) is 0. The Kier molecular flexibility index (Phi) is 4.05. The van der Waals surface area contributed by atoms with E-state index >= 15 is 0 Å². The molecule has 0 aromatic heterocycles. The largest absolute Gasteiger partial charge is 0.469 e. The fraction of sp³-hybridized carbons (Fsp3) is 0.944. The molecule has 1 saturated heterocycles. The van der Waals surface area contributed by atoms with Crippen LogP contribution in [0, 0.1) is 22.7 Å². The maximum atomic E-state index is 12.0. The zero-order valence-electron chi connectivity index (χ0n) is 14.4. The molecule has 0 radical (unpaired) electrons. The number of ether oxygens (including phenoxy) is 3. The Balaban J connectivity index is 1.97. The first-order valence-corrected chi connectivity index (χ1v) is 8.73. The molecular weight excluding hydrogens is 280 g/mol. The van der Waals surface area contributed by atoms with Gasteiger partial charge in [-0.25, -0.2) is 0 Å². The van der Waals surface area contributed by atoms with Crippen molar-refractivity contribution in [1.29, 1.82) is 0 Å². The second kappa shape index (κ2) is 5.48. The topological polar surface area (TPSA) is 44.8 Å². The van der Waals surface area contributed by atoms with Crippen molar-refractivity contribution in [3.8, 4) is 0 Å². The molecule has 4 nitrogen and oxygen atoms in total. The average molecular weight is 310 g/mol. The van der Waals surface area contributed by atoms with Crippen molar-refractivity contribution >= 4 is 5.97 Å². The minimum Gasteiger partial charge on any atom is -0.469 e. The van der Waals surface area contributed by atoms with Crippen LogP contribution in [0.4, 0.5) is 0 Å². The Bertz CT molecular complexity index is 442. The van der Waals surface area contributed by atoms with E-state index in [-0.39, 0.29) is 16.8 Å². The molecule has 22 heavy (non-hydrogen) atoms. The summed E-state index contributed by atoms with van der Waals surface area (Å²) in [6, 6.07) is 0. The van der Waals surface area contributed by atoms with Gasteiger partial charge in [0.1, 0.15) is 0 Å². The van der Waals surface area contributed by atoms with Crippen LogP contribution in [-0.2, 0) is 19.0 Å². The molecule has 0 N–H and O–H groups in total. The van der Waals surface area contributed by atoms with Gasteiger partial charge in [-0.1, -0.05) is 20.8 Å². The summed E-state index contributed by atoms with van der Waals surface area (Å²) in [6.45, 7) is 8.31. The van der Waals surface area contributed by atoms with Crippen LogP contribution in [0.1, 0.15) is 59.3 Å². The average Bonchev–Trinajstić information content (AvgIpc) is 2.96. The quantitative estimate of drug-likeness (QED) is 0.732. The molecule has 2 saturated carbocycles. The molecule has 0 bridgehead atoms. The first kappa shape index (κ1) is 16.3. The minimum atomic E-state index is -0.423. The van der Waals surface area contributed by atoms with Crippen molar-refractivity contribution in [3.05, 3.63) is 0 Å². The highest BCUT2D eigenvalue weighted by atomic mass is 16.7. The third kappa shape index (κ3) is 2.14. The molecular formula is C18H30O4. The number of carbonyl (C=O) groups excluding carboxylic acids is 1. The minimum absolute atomic E-state index is 0.00295. The summed E-state index contributed by atoms with van der Waals surface area (Å²) in [7, 11) is 1.49. The number of hydrogen-bond acceptors (Lipinski definition) is 4. The molecule has 4 heteroatoms. The maximum absolute atomic E-state index is 12.0. The number of rotatable bonds is 2. The molecule has 3 fully saturated rings. The van der Waals surface area contributed by atoms with Gasteiger partial charge in [0.25, 0.3) is 0 Å². The molecule has 3 aliphatic rings. The van der Waals surface area contributed by atoms with Gasteiger partial charge in [0.05, 0.1) is 26.7 Å². The maximum Gasteiger partial charge on any atom is 0.306 e. The monoisotopic (exact) mass is 310 g/mol. The van der Waals surface area contributed by atoms with Gasteiger partial charge in [-0.05, 0) is 42.9 Å². The molecule has 3 rings (SSSR count). The lowest BCUT2D eigenvalue weighted by Gasteiger charge is -2.62. The van der Waals surface area contributed by atoms with E-state index in [2.05, 4.69) is 20.8 Å². The lowest BCUT2D eigenvalue weighted by Crippen LogP contribution is -2.62. The Morgan fingerprint density at radius 2 is 1.86 bits per heavy atom. The molecule has 1 spiro atoms. The van der Waals surface area contributed by atoms with E-state index in [1.54, 1.807) is 0 Å². The van der Waals surface area contributed by atoms with Gasteiger partial charge in [0.2, 0.25) is 0 Å². The number of methoxy groups -OCH3 is 1. The molecule has 126 valence electrons. The first-order chi connectivity index (χ1) is 10.4. The fourth-order valence-corrected chi connectivity index (χ4v) is 5.63. The van der Waals surface area contributed by atoms with Gasteiger partial charge in [-0.3, -0.25) is 4.79 Å². The van der Waals surface area contributed by atoms with Crippen molar-refractivity contribution in [2.24, 2.45) is 22.7 Å². The standard InChI is InChI=1S/C18H30O4/c1-13-7-9-17(3)14(16(13,2)12-15(19)20-4)6-5-8-18(17)21-10-11-22-18/h13-14H,5-12H2,1-4H3/t13-,14+,16-,17+/m1/s1. The van der Waals surface area contributed by atoms with Gasteiger partial charge < -0.3 is 14.2 Å². The Hall–Kier alpha value is -0.610. The molecule has 1 heterocycles. The zero-order valence-corrected chi connectivity index (χ0v) is 14.4. The van der Waals surface area contributed by atoms with Crippen LogP contribution >= 0.6 is 0 Å². The van der Waals surface area contributed by atoms with E-state index in [9.17, 15) is 4.79 Å². The van der Waals surface area contributed by atoms with E-state index in [0.717, 1.165) is 32.1 Å². The number of fused-ring (bicyclic) bond motifs is 2. The number of esters is 1. The van der Waals surface area contributed by atoms with E-state index < -0.39 is 5.79 Å². The van der Waals surface area contributed by atoms with Crippen LogP contribution in [0.5, 0.6) is 0 Å². The summed E-state index contributed by atoms with van der Waals surface area (Å²) in [4.78, 5) is 12.0. The Morgan fingerprint density at radius 1 is 1.18 bits per heavy atom. The van der Waals surface area contributed by atoms with Crippen molar-refractivity contribution in [2.75, 3.05) is 20.3 Å². The third-order valence-electron chi connectivity index (χ3n) is 7.16. The van der Waals surface area contributed by atoms with Gasteiger partial charge in [-0.2, -0.15) is 0 Å². The summed E-state index contributed by atoms with van der Waals surface area (Å²) in [5.74, 6) is 0.440. The van der Waals surface area contributed by atoms with E-state index in [0.29, 0.717) is 31.5 Å². The lowest BCUT2D eigenvalue weighted by atomic mass is 9.45. The Morgan fingerprint density at radius 3 is 2.50 bits per heavy atom. The van der Waals surface area contributed by atoms with E-state index in [1.165, 1.54) is 7.11 Å². The molecule has 0 aromatic carbocycles. The van der Waals surface area contributed by atoms with Crippen LogP contribution in [0.15, 0.2) is 0 Å². The van der Waals surface area contributed by atoms with Crippen molar-refractivity contribution < 1.29 is 19.0 Å². The molecule has 1 aliphatic heterocycles. The molecule has 4 atom stereocenters. The van der Waals surface area contributed by atoms with Gasteiger partial charge in [-0.15, -0.1) is 0 Å². The van der Waals surface area contributed by atoms with Crippen LogP contribution in [0.2, 0.25) is 0 Å². The van der Waals surface area contributed by atoms with Crippen LogP contribution in [-0.4, -0.2) is 32.1 Å². The molecule has 0 amide bonds. The molecule has 0 aromatic rings. The smallest absolute Gasteiger partial charge is 0.306 e. The number of carbonyl (C=O) groups is 1. The normalized spacial score (nSPS) is 43.8. The second-order valence-electron chi connectivity index (χ2n) is 8.01. The van der Waals surface area contributed by atoms with Crippen molar-refractivity contribution in [1.82, 2.24) is 0 Å². The third-order valence-corrected chi connectivity index (χ3v) is 7.16. The van der Waals surface area contributed by atoms with Crippen molar-refractivity contribution in [2.45, 2.75) is 65.1 Å². The highest BCUT2D eigenvalue weighted by molar-refractivity contribution is 5.70. The van der Waals surface area contributed by atoms with Crippen LogP contribution in [0.3, 0.4) is 0 Å². The summed E-state index contributed by atoms with van der Waals surface area (Å²) < 4.78 is 17.3. The predicted molar refractivity (Wildman–Crippen MR) is 83.2 cm³/mol. The molecule has 2 aliphatic carbocycles. The lowest BCUT2D eigenvalue weighted by molar-refractivity contribution is -0.297. The second-order valence-corrected chi connectivity index (χ2v) is 8.01. The van der Waals surface area contributed by atoms with E-state index in [4.69, 9.17) is 14.2 Å². The zero-order chi connectivity index (χ0) is 16.0. The van der Waals surface area contributed by atoms with Crippen LogP contribution < -0.4 is 0 Å².